The van der Waals surface area contributed by atoms with Crippen LogP contribution in [0.15, 0.2) is 77.9 Å². The van der Waals surface area contributed by atoms with Crippen molar-refractivity contribution >= 4 is 21.9 Å². The number of pyridine rings is 4. The minimum atomic E-state index is -4.55. The average molecular weight is 448 g/mol. The van der Waals surface area contributed by atoms with Gasteiger partial charge in [-0.1, -0.05) is 6.07 Å². The molecular formula is C24H15F3N4O2. The highest BCUT2D eigenvalue weighted by Crippen LogP contribution is 2.32. The van der Waals surface area contributed by atoms with Gasteiger partial charge >= 0.3 is 6.18 Å². The summed E-state index contributed by atoms with van der Waals surface area (Å²) < 4.78 is 46.6. The van der Waals surface area contributed by atoms with Crippen LogP contribution in [-0.4, -0.2) is 26.6 Å². The van der Waals surface area contributed by atoms with E-state index in [-0.39, 0.29) is 5.69 Å². The van der Waals surface area contributed by atoms with Crippen LogP contribution in [0.2, 0.25) is 0 Å². The highest BCUT2D eigenvalue weighted by atomic mass is 19.4. The Labute approximate surface area is 184 Å². The molecule has 164 valence electrons. The summed E-state index contributed by atoms with van der Waals surface area (Å²) in [4.78, 5) is 26.2. The predicted molar refractivity (Wildman–Crippen MR) is 117 cm³/mol. The number of alkyl halides is 3. The Hall–Kier alpha value is -4.27. The van der Waals surface area contributed by atoms with Crippen LogP contribution in [0.3, 0.4) is 0 Å². The van der Waals surface area contributed by atoms with Gasteiger partial charge < -0.3 is 4.74 Å². The third kappa shape index (κ3) is 3.57. The van der Waals surface area contributed by atoms with Crippen molar-refractivity contribution in [1.82, 2.24) is 19.5 Å². The van der Waals surface area contributed by atoms with Gasteiger partial charge in [-0.05, 0) is 48.5 Å². The zero-order valence-corrected chi connectivity index (χ0v) is 17.2. The maximum absolute atomic E-state index is 13.3. The molecule has 0 saturated heterocycles. The Morgan fingerprint density at radius 1 is 0.970 bits per heavy atom. The van der Waals surface area contributed by atoms with Gasteiger partial charge in [-0.15, -0.1) is 0 Å². The maximum atomic E-state index is 13.3. The van der Waals surface area contributed by atoms with Gasteiger partial charge in [0.25, 0.3) is 5.56 Å². The molecule has 5 rings (SSSR count). The fourth-order valence-electron chi connectivity index (χ4n) is 3.75. The third-order valence-electron chi connectivity index (χ3n) is 5.24. The van der Waals surface area contributed by atoms with E-state index in [9.17, 15) is 18.0 Å². The standard InChI is InChI=1S/C24H15F3N4O2/c1-33-23-17(6-3-11-28-23)18-8-9-19-21(30-18)22-14(13-29-19)7-10-20(32)31(22)16-5-2-4-15(12-16)24(25,26)27/h2-13H,1H3. The molecule has 1 aromatic carbocycles. The number of benzene rings is 1. The first-order valence-electron chi connectivity index (χ1n) is 9.85. The molecule has 33 heavy (non-hydrogen) atoms. The van der Waals surface area contributed by atoms with E-state index in [1.54, 1.807) is 42.7 Å². The molecule has 0 spiro atoms. The number of hydrogen-bond donors (Lipinski definition) is 0. The van der Waals surface area contributed by atoms with Crippen molar-refractivity contribution in [2.24, 2.45) is 0 Å². The van der Waals surface area contributed by atoms with Crippen LogP contribution in [0.25, 0.3) is 38.9 Å². The van der Waals surface area contributed by atoms with Crippen molar-refractivity contribution in [3.8, 4) is 22.8 Å². The molecular weight excluding hydrogens is 433 g/mol. The van der Waals surface area contributed by atoms with Gasteiger partial charge in [0.1, 0.15) is 5.52 Å². The predicted octanol–water partition coefficient (Wildman–Crippen LogP) is 5.02. The highest BCUT2D eigenvalue weighted by molar-refractivity contribution is 6.02. The molecule has 9 heteroatoms. The van der Waals surface area contributed by atoms with Gasteiger partial charge in [-0.2, -0.15) is 13.2 Å². The van der Waals surface area contributed by atoms with Crippen LogP contribution in [0.4, 0.5) is 13.2 Å². The van der Waals surface area contributed by atoms with Gasteiger partial charge in [0.15, 0.2) is 0 Å². The molecule has 4 heterocycles. The van der Waals surface area contributed by atoms with Gasteiger partial charge in [0.05, 0.1) is 35.0 Å². The number of fused-ring (bicyclic) bond motifs is 3. The average Bonchev–Trinajstić information content (AvgIpc) is 2.83. The Kier molecular flexibility index (Phi) is 4.81. The summed E-state index contributed by atoms with van der Waals surface area (Å²) in [6.07, 6.45) is -1.39. The van der Waals surface area contributed by atoms with Crippen molar-refractivity contribution in [3.05, 3.63) is 89.0 Å². The Bertz CT molecular complexity index is 1580. The van der Waals surface area contributed by atoms with Crippen LogP contribution < -0.4 is 10.3 Å². The van der Waals surface area contributed by atoms with E-state index >= 15 is 0 Å². The molecule has 0 aliphatic carbocycles. The molecule has 0 amide bonds. The molecule has 0 radical (unpaired) electrons. The van der Waals surface area contributed by atoms with E-state index < -0.39 is 17.3 Å². The molecule has 0 saturated carbocycles. The van der Waals surface area contributed by atoms with Crippen molar-refractivity contribution in [1.29, 1.82) is 0 Å². The first-order valence-corrected chi connectivity index (χ1v) is 9.85. The van der Waals surface area contributed by atoms with Crippen LogP contribution in [-0.2, 0) is 6.18 Å². The summed E-state index contributed by atoms with van der Waals surface area (Å²) in [7, 11) is 1.50. The van der Waals surface area contributed by atoms with Crippen molar-refractivity contribution in [3.63, 3.8) is 0 Å². The minimum absolute atomic E-state index is 0.0825. The lowest BCUT2D eigenvalue weighted by molar-refractivity contribution is -0.137. The Balaban J connectivity index is 1.85. The van der Waals surface area contributed by atoms with Gasteiger partial charge in [-0.3, -0.25) is 14.3 Å². The molecule has 0 N–H and O–H groups in total. The molecule has 4 aromatic heterocycles. The summed E-state index contributed by atoms with van der Waals surface area (Å²) in [6, 6.07) is 14.5. The van der Waals surface area contributed by atoms with Crippen LogP contribution in [0.5, 0.6) is 5.88 Å². The number of methoxy groups -OCH3 is 1. The second kappa shape index (κ2) is 7.70. The minimum Gasteiger partial charge on any atom is -0.481 e. The SMILES string of the molecule is COc1ncccc1-c1ccc2ncc3ccc(=O)n(-c4cccc(C(F)(F)F)c4)c3c2n1. The van der Waals surface area contributed by atoms with Crippen LogP contribution >= 0.6 is 0 Å². The largest absolute Gasteiger partial charge is 0.481 e. The summed E-state index contributed by atoms with van der Waals surface area (Å²) in [5, 5.41) is 0.558. The Morgan fingerprint density at radius 2 is 1.82 bits per heavy atom. The number of hydrogen-bond acceptors (Lipinski definition) is 5. The molecule has 0 bridgehead atoms. The lowest BCUT2D eigenvalue weighted by atomic mass is 10.1. The van der Waals surface area contributed by atoms with Gasteiger partial charge in [0.2, 0.25) is 5.88 Å². The highest BCUT2D eigenvalue weighted by Gasteiger charge is 2.30. The van der Waals surface area contributed by atoms with Crippen molar-refractivity contribution in [2.45, 2.75) is 6.18 Å². The number of rotatable bonds is 3. The first kappa shape index (κ1) is 20.6. The van der Waals surface area contributed by atoms with E-state index in [2.05, 4.69) is 9.97 Å². The molecule has 0 unspecified atom stereocenters. The van der Waals surface area contributed by atoms with E-state index in [1.807, 2.05) is 0 Å². The lowest BCUT2D eigenvalue weighted by Gasteiger charge is -2.14. The number of aromatic nitrogens is 4. The zero-order chi connectivity index (χ0) is 23.2. The second-order valence-electron chi connectivity index (χ2n) is 7.24. The van der Waals surface area contributed by atoms with Crippen LogP contribution in [0, 0.1) is 0 Å². The maximum Gasteiger partial charge on any atom is 0.416 e. The molecule has 6 nitrogen and oxygen atoms in total. The quantitative estimate of drug-likeness (QED) is 0.363. The molecule has 0 fully saturated rings. The third-order valence-corrected chi connectivity index (χ3v) is 5.24. The van der Waals surface area contributed by atoms with E-state index in [1.165, 1.54) is 29.9 Å². The van der Waals surface area contributed by atoms with E-state index in [0.29, 0.717) is 39.1 Å². The van der Waals surface area contributed by atoms with Crippen molar-refractivity contribution in [2.75, 3.05) is 7.11 Å². The topological polar surface area (TPSA) is 69.9 Å². The molecule has 0 atom stereocenters. The summed E-state index contributed by atoms with van der Waals surface area (Å²) >= 11 is 0. The fourth-order valence-corrected chi connectivity index (χ4v) is 3.75. The monoisotopic (exact) mass is 448 g/mol. The number of ether oxygens (including phenoxy) is 1. The molecule has 0 aliphatic rings. The zero-order valence-electron chi connectivity index (χ0n) is 17.2. The summed E-state index contributed by atoms with van der Waals surface area (Å²) in [6.45, 7) is 0. The Morgan fingerprint density at radius 3 is 2.61 bits per heavy atom. The summed E-state index contributed by atoms with van der Waals surface area (Å²) in [5.41, 5.74) is 1.11. The van der Waals surface area contributed by atoms with Crippen molar-refractivity contribution < 1.29 is 17.9 Å². The number of nitrogens with zero attached hydrogens (tertiary/aromatic N) is 4. The normalized spacial score (nSPS) is 11.8. The van der Waals surface area contributed by atoms with Gasteiger partial charge in [-0.25, -0.2) is 9.97 Å². The first-order chi connectivity index (χ1) is 15.9. The van der Waals surface area contributed by atoms with Gasteiger partial charge in [0, 0.05) is 29.5 Å². The summed E-state index contributed by atoms with van der Waals surface area (Å²) in [5.74, 6) is 0.368. The lowest BCUT2D eigenvalue weighted by Crippen LogP contribution is -2.18. The van der Waals surface area contributed by atoms with E-state index in [0.717, 1.165) is 12.1 Å². The molecule has 5 aromatic rings. The smallest absolute Gasteiger partial charge is 0.416 e. The van der Waals surface area contributed by atoms with E-state index in [4.69, 9.17) is 9.72 Å². The second-order valence-corrected chi connectivity index (χ2v) is 7.24. The fraction of sp³-hybridized carbons (Fsp3) is 0.0833. The molecule has 0 aliphatic heterocycles. The van der Waals surface area contributed by atoms with Crippen LogP contribution in [0.1, 0.15) is 5.56 Å². The number of halogens is 3.